The highest BCUT2D eigenvalue weighted by molar-refractivity contribution is 7.08. The Kier molecular flexibility index (Phi) is 2.16. The number of imidazole rings is 1. The van der Waals surface area contributed by atoms with Crippen molar-refractivity contribution in [2.75, 3.05) is 0 Å². The summed E-state index contributed by atoms with van der Waals surface area (Å²) in [5, 5.41) is 4.19. The molecule has 0 aliphatic rings. The summed E-state index contributed by atoms with van der Waals surface area (Å²) in [6.45, 7) is 2.07. The molecule has 0 fully saturated rings. The fourth-order valence-electron chi connectivity index (χ4n) is 1.29. The Morgan fingerprint density at radius 1 is 1.54 bits per heavy atom. The van der Waals surface area contributed by atoms with Gasteiger partial charge in [0.2, 0.25) is 0 Å². The molecule has 0 aromatic carbocycles. The molecule has 2 aromatic rings. The van der Waals surface area contributed by atoms with E-state index in [1.165, 1.54) is 11.1 Å². The van der Waals surface area contributed by atoms with Gasteiger partial charge in [0.15, 0.2) is 0 Å². The topological polar surface area (TPSA) is 54.7 Å². The number of rotatable bonds is 2. The quantitative estimate of drug-likeness (QED) is 0.764. The van der Waals surface area contributed by atoms with Crippen LogP contribution in [0.2, 0.25) is 0 Å². The van der Waals surface area contributed by atoms with Gasteiger partial charge in [0.25, 0.3) is 0 Å². The van der Waals surface area contributed by atoms with Crippen molar-refractivity contribution in [2.24, 2.45) is 5.73 Å². The molecule has 0 radical (unpaired) electrons. The minimum atomic E-state index is -0.0752. The lowest BCUT2D eigenvalue weighted by Gasteiger charge is -2.08. The van der Waals surface area contributed by atoms with Crippen molar-refractivity contribution < 1.29 is 0 Å². The van der Waals surface area contributed by atoms with Gasteiger partial charge in [-0.05, 0) is 28.8 Å². The van der Waals surface area contributed by atoms with E-state index >= 15 is 0 Å². The lowest BCUT2D eigenvalue weighted by atomic mass is 10.1. The van der Waals surface area contributed by atoms with Crippen LogP contribution in [-0.4, -0.2) is 9.97 Å². The minimum absolute atomic E-state index is 0.0752. The minimum Gasteiger partial charge on any atom is -0.347 e. The molecule has 0 saturated heterocycles. The van der Waals surface area contributed by atoms with Gasteiger partial charge < -0.3 is 10.7 Å². The van der Waals surface area contributed by atoms with Crippen molar-refractivity contribution in [3.63, 3.8) is 0 Å². The van der Waals surface area contributed by atoms with Gasteiger partial charge in [0.1, 0.15) is 0 Å². The van der Waals surface area contributed by atoms with Gasteiger partial charge in [0.05, 0.1) is 18.1 Å². The van der Waals surface area contributed by atoms with Crippen LogP contribution in [0.5, 0.6) is 0 Å². The molecular weight excluding hydrogens is 182 g/mol. The van der Waals surface area contributed by atoms with E-state index in [4.69, 9.17) is 5.73 Å². The average Bonchev–Trinajstić information content (AvgIpc) is 2.72. The van der Waals surface area contributed by atoms with Gasteiger partial charge >= 0.3 is 0 Å². The summed E-state index contributed by atoms with van der Waals surface area (Å²) in [5.74, 6) is 0. The highest BCUT2D eigenvalue weighted by Crippen LogP contribution is 2.23. The Morgan fingerprint density at radius 3 is 2.92 bits per heavy atom. The maximum atomic E-state index is 6.04. The second-order valence-corrected chi connectivity index (χ2v) is 3.74. The van der Waals surface area contributed by atoms with Gasteiger partial charge in [-0.2, -0.15) is 11.3 Å². The van der Waals surface area contributed by atoms with Gasteiger partial charge in [-0.1, -0.05) is 0 Å². The molecule has 2 heterocycles. The maximum Gasteiger partial charge on any atom is 0.0922 e. The first kappa shape index (κ1) is 8.47. The van der Waals surface area contributed by atoms with E-state index in [2.05, 4.69) is 27.7 Å². The smallest absolute Gasteiger partial charge is 0.0922 e. The number of aromatic amines is 1. The van der Waals surface area contributed by atoms with Gasteiger partial charge in [-0.15, -0.1) is 0 Å². The molecule has 0 saturated carbocycles. The number of hydrogen-bond donors (Lipinski definition) is 2. The van der Waals surface area contributed by atoms with E-state index in [0.29, 0.717) is 0 Å². The summed E-state index contributed by atoms with van der Waals surface area (Å²) in [7, 11) is 0. The van der Waals surface area contributed by atoms with Crippen molar-refractivity contribution in [2.45, 2.75) is 13.0 Å². The predicted molar refractivity (Wildman–Crippen MR) is 53.7 cm³/mol. The highest BCUT2D eigenvalue weighted by atomic mass is 32.1. The largest absolute Gasteiger partial charge is 0.347 e. The summed E-state index contributed by atoms with van der Waals surface area (Å²) in [4.78, 5) is 6.97. The molecule has 3 N–H and O–H groups in total. The molecule has 0 bridgehead atoms. The number of aryl methyl sites for hydroxylation is 1. The summed E-state index contributed by atoms with van der Waals surface area (Å²) < 4.78 is 0. The summed E-state index contributed by atoms with van der Waals surface area (Å²) in [5.41, 5.74) is 9.42. The van der Waals surface area contributed by atoms with E-state index in [0.717, 1.165) is 5.69 Å². The number of nitrogens with one attached hydrogen (secondary N) is 1. The zero-order valence-electron chi connectivity index (χ0n) is 7.32. The van der Waals surface area contributed by atoms with E-state index in [9.17, 15) is 0 Å². The van der Waals surface area contributed by atoms with E-state index in [1.807, 2.05) is 0 Å². The van der Waals surface area contributed by atoms with Crippen LogP contribution in [0.15, 0.2) is 23.3 Å². The average molecular weight is 193 g/mol. The Bertz CT molecular complexity index is 377. The molecule has 0 amide bonds. The van der Waals surface area contributed by atoms with Gasteiger partial charge in [-0.25, -0.2) is 4.98 Å². The number of aromatic nitrogens is 2. The second kappa shape index (κ2) is 3.32. The summed E-state index contributed by atoms with van der Waals surface area (Å²) >= 11 is 1.68. The van der Waals surface area contributed by atoms with Crippen molar-refractivity contribution in [1.29, 1.82) is 0 Å². The van der Waals surface area contributed by atoms with E-state index < -0.39 is 0 Å². The van der Waals surface area contributed by atoms with Crippen molar-refractivity contribution in [3.8, 4) is 0 Å². The van der Waals surface area contributed by atoms with Gasteiger partial charge in [-0.3, -0.25) is 0 Å². The van der Waals surface area contributed by atoms with Crippen LogP contribution >= 0.6 is 11.3 Å². The third kappa shape index (κ3) is 1.50. The molecule has 3 nitrogen and oxygen atoms in total. The number of hydrogen-bond acceptors (Lipinski definition) is 3. The monoisotopic (exact) mass is 193 g/mol. The normalized spacial score (nSPS) is 13.1. The molecule has 4 heteroatoms. The molecule has 2 rings (SSSR count). The predicted octanol–water partition coefficient (Wildman–Crippen LogP) is 1.83. The fourth-order valence-corrected chi connectivity index (χ4v) is 2.18. The standard InChI is InChI=1S/C9H11N3S/c1-6-3-13-4-7(6)9(10)8-2-11-5-12-8/h2-5,9H,10H2,1H3,(H,11,12). The lowest BCUT2D eigenvalue weighted by molar-refractivity contribution is 0.835. The van der Waals surface area contributed by atoms with Crippen LogP contribution in [0, 0.1) is 6.92 Å². The first-order chi connectivity index (χ1) is 6.29. The molecule has 0 aliphatic carbocycles. The molecule has 0 spiro atoms. The van der Waals surface area contributed by atoms with Crippen LogP contribution in [0.1, 0.15) is 22.9 Å². The summed E-state index contributed by atoms with van der Waals surface area (Å²) in [6.07, 6.45) is 3.42. The third-order valence-corrected chi connectivity index (χ3v) is 2.96. The van der Waals surface area contributed by atoms with Crippen LogP contribution in [0.3, 0.4) is 0 Å². The lowest BCUT2D eigenvalue weighted by Crippen LogP contribution is -2.12. The van der Waals surface area contributed by atoms with Crippen LogP contribution in [-0.2, 0) is 0 Å². The van der Waals surface area contributed by atoms with Crippen LogP contribution < -0.4 is 5.73 Å². The molecule has 68 valence electrons. The Balaban J connectivity index is 2.33. The van der Waals surface area contributed by atoms with Crippen LogP contribution in [0.25, 0.3) is 0 Å². The molecule has 13 heavy (non-hydrogen) atoms. The Labute approximate surface area is 80.6 Å². The van der Waals surface area contributed by atoms with Gasteiger partial charge in [0, 0.05) is 6.20 Å². The first-order valence-corrected chi connectivity index (χ1v) is 5.00. The molecule has 1 atom stereocenters. The maximum absolute atomic E-state index is 6.04. The highest BCUT2D eigenvalue weighted by Gasteiger charge is 2.12. The number of H-pyrrole nitrogens is 1. The third-order valence-electron chi connectivity index (χ3n) is 2.08. The molecule has 2 aromatic heterocycles. The molecular formula is C9H11N3S. The number of thiophene rings is 1. The van der Waals surface area contributed by atoms with Crippen molar-refractivity contribution in [1.82, 2.24) is 9.97 Å². The van der Waals surface area contributed by atoms with Crippen molar-refractivity contribution in [3.05, 3.63) is 40.1 Å². The van der Waals surface area contributed by atoms with Crippen LogP contribution in [0.4, 0.5) is 0 Å². The zero-order valence-corrected chi connectivity index (χ0v) is 8.14. The Morgan fingerprint density at radius 2 is 2.38 bits per heavy atom. The Hall–Kier alpha value is -1.13. The molecule has 0 aliphatic heterocycles. The first-order valence-electron chi connectivity index (χ1n) is 4.05. The fraction of sp³-hybridized carbons (Fsp3) is 0.222. The number of nitrogens with zero attached hydrogens (tertiary/aromatic N) is 1. The SMILES string of the molecule is Cc1cscc1C(N)c1cnc[nH]1. The summed E-state index contributed by atoms with van der Waals surface area (Å²) in [6, 6.07) is -0.0752. The second-order valence-electron chi connectivity index (χ2n) is 2.99. The van der Waals surface area contributed by atoms with E-state index in [1.54, 1.807) is 23.9 Å². The zero-order chi connectivity index (χ0) is 9.26. The molecule has 1 unspecified atom stereocenters. The van der Waals surface area contributed by atoms with E-state index in [-0.39, 0.29) is 6.04 Å². The number of nitrogens with two attached hydrogens (primary N) is 1. The van der Waals surface area contributed by atoms with Crippen molar-refractivity contribution >= 4 is 11.3 Å².